The minimum Gasteiger partial charge on any atom is -0.497 e. The smallest absolute Gasteiger partial charge is 0.161 e. The molecule has 2 aromatic rings. The van der Waals surface area contributed by atoms with Crippen molar-refractivity contribution in [2.75, 3.05) is 20.3 Å². The lowest BCUT2D eigenvalue weighted by Crippen LogP contribution is -2.23. The molecule has 1 N–H and O–H groups in total. The van der Waals surface area contributed by atoms with Crippen LogP contribution in [0.3, 0.4) is 0 Å². The van der Waals surface area contributed by atoms with E-state index < -0.39 is 0 Å². The number of rotatable bonds is 6. The minimum atomic E-state index is 0.354. The largest absolute Gasteiger partial charge is 0.497 e. The van der Waals surface area contributed by atoms with Crippen molar-refractivity contribution in [1.82, 2.24) is 5.32 Å². The van der Waals surface area contributed by atoms with Crippen LogP contribution in [-0.2, 0) is 6.54 Å². The molecule has 0 aromatic heterocycles. The highest BCUT2D eigenvalue weighted by atomic mass is 16.6. The average Bonchev–Trinajstić information content (AvgIpc) is 3.47. The van der Waals surface area contributed by atoms with E-state index in [-0.39, 0.29) is 0 Å². The molecule has 2 aliphatic rings. The summed E-state index contributed by atoms with van der Waals surface area (Å²) in [4.78, 5) is 0. The fraction of sp³-hybridized carbons (Fsp3) is 0.400. The fourth-order valence-corrected chi connectivity index (χ4v) is 3.25. The number of benzene rings is 2. The number of methoxy groups -OCH3 is 1. The Morgan fingerprint density at radius 3 is 2.71 bits per heavy atom. The maximum absolute atomic E-state index is 5.74. The third-order valence-electron chi connectivity index (χ3n) is 4.68. The molecule has 4 heteroatoms. The van der Waals surface area contributed by atoms with Gasteiger partial charge < -0.3 is 19.5 Å². The van der Waals surface area contributed by atoms with Crippen LogP contribution in [0.5, 0.6) is 17.2 Å². The molecule has 1 fully saturated rings. The molecule has 4 nitrogen and oxygen atoms in total. The number of hydrogen-bond donors (Lipinski definition) is 1. The van der Waals surface area contributed by atoms with Crippen LogP contribution in [0.2, 0.25) is 0 Å². The molecular formula is C20H23NO3. The molecule has 4 rings (SSSR count). The lowest BCUT2D eigenvalue weighted by atomic mass is 10.0. The standard InChI is InChI=1S/C20H23NO3/c1-22-17-4-2-3-14(11-17)13-21-20(15-5-6-15)16-7-8-18-19(12-16)24-10-9-23-18/h2-4,7-8,11-12,15,20-21H,5-6,9-10,13H2,1H3. The molecule has 24 heavy (non-hydrogen) atoms. The van der Waals surface area contributed by atoms with Gasteiger partial charge in [-0.15, -0.1) is 0 Å². The van der Waals surface area contributed by atoms with E-state index in [4.69, 9.17) is 14.2 Å². The van der Waals surface area contributed by atoms with Gasteiger partial charge in [0, 0.05) is 12.6 Å². The Morgan fingerprint density at radius 1 is 1.08 bits per heavy atom. The Balaban J connectivity index is 1.50. The Morgan fingerprint density at radius 2 is 1.92 bits per heavy atom. The lowest BCUT2D eigenvalue weighted by molar-refractivity contribution is 0.171. The second-order valence-electron chi connectivity index (χ2n) is 6.45. The van der Waals surface area contributed by atoms with E-state index in [0.29, 0.717) is 25.2 Å². The molecule has 0 saturated heterocycles. The van der Waals surface area contributed by atoms with E-state index in [1.165, 1.54) is 24.0 Å². The van der Waals surface area contributed by atoms with Gasteiger partial charge in [0.2, 0.25) is 0 Å². The van der Waals surface area contributed by atoms with Crippen LogP contribution in [0.25, 0.3) is 0 Å². The minimum absolute atomic E-state index is 0.354. The van der Waals surface area contributed by atoms with Crippen LogP contribution in [0.15, 0.2) is 42.5 Å². The van der Waals surface area contributed by atoms with Gasteiger partial charge >= 0.3 is 0 Å². The van der Waals surface area contributed by atoms with Gasteiger partial charge in [-0.3, -0.25) is 0 Å². The highest BCUT2D eigenvalue weighted by Crippen LogP contribution is 2.43. The molecular weight excluding hydrogens is 302 g/mol. The number of fused-ring (bicyclic) bond motifs is 1. The normalized spacial score (nSPS) is 17.4. The molecule has 1 heterocycles. The van der Waals surface area contributed by atoms with Crippen molar-refractivity contribution >= 4 is 0 Å². The predicted molar refractivity (Wildman–Crippen MR) is 92.7 cm³/mol. The van der Waals surface area contributed by atoms with Crippen LogP contribution < -0.4 is 19.5 Å². The van der Waals surface area contributed by atoms with Gasteiger partial charge in [-0.1, -0.05) is 18.2 Å². The van der Waals surface area contributed by atoms with Gasteiger partial charge in [0.25, 0.3) is 0 Å². The molecule has 0 radical (unpaired) electrons. The van der Waals surface area contributed by atoms with Gasteiger partial charge in [0.1, 0.15) is 19.0 Å². The number of nitrogens with one attached hydrogen (secondary N) is 1. The van der Waals surface area contributed by atoms with Crippen molar-refractivity contribution in [2.24, 2.45) is 5.92 Å². The van der Waals surface area contributed by atoms with E-state index in [2.05, 4.69) is 29.6 Å². The van der Waals surface area contributed by atoms with E-state index >= 15 is 0 Å². The number of ether oxygens (including phenoxy) is 3. The molecule has 0 bridgehead atoms. The topological polar surface area (TPSA) is 39.7 Å². The van der Waals surface area contributed by atoms with E-state index in [0.717, 1.165) is 23.8 Å². The SMILES string of the molecule is COc1cccc(CNC(c2ccc3c(c2)OCCO3)C2CC2)c1. The highest BCUT2D eigenvalue weighted by Gasteiger charge is 2.32. The van der Waals surface area contributed by atoms with Gasteiger partial charge in [-0.2, -0.15) is 0 Å². The van der Waals surface area contributed by atoms with Crippen molar-refractivity contribution < 1.29 is 14.2 Å². The van der Waals surface area contributed by atoms with Gasteiger partial charge in [0.15, 0.2) is 11.5 Å². The highest BCUT2D eigenvalue weighted by molar-refractivity contribution is 5.45. The summed E-state index contributed by atoms with van der Waals surface area (Å²) in [6.07, 6.45) is 2.56. The molecule has 1 atom stereocenters. The zero-order chi connectivity index (χ0) is 16.4. The van der Waals surface area contributed by atoms with E-state index in [1.807, 2.05) is 18.2 Å². The summed E-state index contributed by atoms with van der Waals surface area (Å²) in [5.74, 6) is 3.33. The van der Waals surface area contributed by atoms with E-state index in [9.17, 15) is 0 Å². The fourth-order valence-electron chi connectivity index (χ4n) is 3.25. The number of hydrogen-bond acceptors (Lipinski definition) is 4. The summed E-state index contributed by atoms with van der Waals surface area (Å²) < 4.78 is 16.7. The Bertz CT molecular complexity index is 712. The molecule has 126 valence electrons. The molecule has 0 amide bonds. The second-order valence-corrected chi connectivity index (χ2v) is 6.45. The molecule has 1 saturated carbocycles. The van der Waals surface area contributed by atoms with Crippen LogP contribution in [0, 0.1) is 5.92 Å². The lowest BCUT2D eigenvalue weighted by Gasteiger charge is -2.23. The summed E-state index contributed by atoms with van der Waals surface area (Å²) in [7, 11) is 1.70. The van der Waals surface area contributed by atoms with Crippen molar-refractivity contribution in [1.29, 1.82) is 0 Å². The van der Waals surface area contributed by atoms with Crippen LogP contribution in [0.1, 0.15) is 30.0 Å². The molecule has 1 aliphatic heterocycles. The van der Waals surface area contributed by atoms with Crippen molar-refractivity contribution in [2.45, 2.75) is 25.4 Å². The monoisotopic (exact) mass is 325 g/mol. The average molecular weight is 325 g/mol. The molecule has 0 spiro atoms. The predicted octanol–water partition coefficient (Wildman–Crippen LogP) is 3.71. The Hall–Kier alpha value is -2.20. The third-order valence-corrected chi connectivity index (χ3v) is 4.68. The van der Waals surface area contributed by atoms with E-state index in [1.54, 1.807) is 7.11 Å². The maximum Gasteiger partial charge on any atom is 0.161 e. The molecule has 1 aliphatic carbocycles. The summed E-state index contributed by atoms with van der Waals surface area (Å²) >= 11 is 0. The Labute approximate surface area is 142 Å². The second kappa shape index (κ2) is 6.73. The summed E-state index contributed by atoms with van der Waals surface area (Å²) in [6.45, 7) is 2.08. The van der Waals surface area contributed by atoms with Crippen LogP contribution >= 0.6 is 0 Å². The zero-order valence-corrected chi connectivity index (χ0v) is 14.0. The molecule has 1 unspecified atom stereocenters. The first kappa shape index (κ1) is 15.3. The van der Waals surface area contributed by atoms with Crippen molar-refractivity contribution in [3.8, 4) is 17.2 Å². The van der Waals surface area contributed by atoms with Crippen LogP contribution in [0.4, 0.5) is 0 Å². The summed E-state index contributed by atoms with van der Waals surface area (Å²) in [5, 5.41) is 3.72. The zero-order valence-electron chi connectivity index (χ0n) is 14.0. The first-order chi connectivity index (χ1) is 11.8. The van der Waals surface area contributed by atoms with Crippen molar-refractivity contribution in [3.05, 3.63) is 53.6 Å². The third kappa shape index (κ3) is 3.34. The Kier molecular flexibility index (Phi) is 4.30. The summed E-state index contributed by atoms with van der Waals surface area (Å²) in [5.41, 5.74) is 2.52. The first-order valence-corrected chi connectivity index (χ1v) is 8.59. The first-order valence-electron chi connectivity index (χ1n) is 8.59. The van der Waals surface area contributed by atoms with Gasteiger partial charge in [-0.25, -0.2) is 0 Å². The maximum atomic E-state index is 5.74. The molecule has 2 aromatic carbocycles. The van der Waals surface area contributed by atoms with Crippen LogP contribution in [-0.4, -0.2) is 20.3 Å². The van der Waals surface area contributed by atoms with Gasteiger partial charge in [0.05, 0.1) is 7.11 Å². The van der Waals surface area contributed by atoms with Crippen molar-refractivity contribution in [3.63, 3.8) is 0 Å². The quantitative estimate of drug-likeness (QED) is 0.879. The van der Waals surface area contributed by atoms with Gasteiger partial charge in [-0.05, 0) is 54.2 Å². The summed E-state index contributed by atoms with van der Waals surface area (Å²) in [6, 6.07) is 14.9.